The lowest BCUT2D eigenvalue weighted by Crippen LogP contribution is -2.65. The van der Waals surface area contributed by atoms with Gasteiger partial charge in [0.2, 0.25) is 0 Å². The van der Waals surface area contributed by atoms with E-state index in [2.05, 4.69) is 81.4 Å². The first-order valence-corrected chi connectivity index (χ1v) is 11.9. The average molecular weight is 379 g/mol. The first-order chi connectivity index (χ1) is 12.8. The minimum Gasteiger partial charge on any atom is -0.495 e. The van der Waals surface area contributed by atoms with Gasteiger partial charge in [0.15, 0.2) is 5.78 Å². The Morgan fingerprint density at radius 1 is 1.00 bits per heavy atom. The molecule has 0 radical (unpaired) electrons. The molecule has 1 atom stereocenters. The molecule has 1 unspecified atom stereocenters. The van der Waals surface area contributed by atoms with Crippen LogP contribution in [-0.4, -0.2) is 20.0 Å². The summed E-state index contributed by atoms with van der Waals surface area (Å²) in [5.41, 5.74) is 0.859. The van der Waals surface area contributed by atoms with Gasteiger partial charge in [0, 0.05) is 12.0 Å². The number of hydrogen-bond donors (Lipinski definition) is 0. The predicted octanol–water partition coefficient (Wildman–Crippen LogP) is 4.70. The van der Waals surface area contributed by atoms with Gasteiger partial charge in [0.25, 0.3) is 0 Å². The minimum atomic E-state index is -2.17. The second-order valence-corrected chi connectivity index (χ2v) is 13.5. The van der Waals surface area contributed by atoms with Gasteiger partial charge in [-0.2, -0.15) is 0 Å². The van der Waals surface area contributed by atoms with Crippen molar-refractivity contribution in [1.29, 1.82) is 0 Å². The van der Waals surface area contributed by atoms with E-state index in [4.69, 9.17) is 4.74 Å². The summed E-state index contributed by atoms with van der Waals surface area (Å²) < 4.78 is 6.22. The van der Waals surface area contributed by atoms with Crippen molar-refractivity contribution < 1.29 is 9.53 Å². The Labute approximate surface area is 164 Å². The highest BCUT2D eigenvalue weighted by molar-refractivity contribution is 7.04. The second-order valence-electron chi connectivity index (χ2n) is 8.63. The van der Waals surface area contributed by atoms with Gasteiger partial charge in [-0.15, -0.1) is 0 Å². The number of carbonyl (C=O) groups is 1. The number of ether oxygens (including phenoxy) is 1. The van der Waals surface area contributed by atoms with Crippen molar-refractivity contribution in [2.75, 3.05) is 0 Å². The van der Waals surface area contributed by atoms with E-state index in [9.17, 15) is 4.79 Å². The number of rotatable bonds is 5. The SMILES string of the molecule is CC(=O)C1=C(C)OC(C[Si](c2ccccc2)(c2ccccc2)C(C)(C)C)C1. The van der Waals surface area contributed by atoms with Gasteiger partial charge in [-0.3, -0.25) is 4.79 Å². The van der Waals surface area contributed by atoms with Crippen LogP contribution >= 0.6 is 0 Å². The summed E-state index contributed by atoms with van der Waals surface area (Å²) in [7, 11) is -2.17. The maximum Gasteiger partial charge on any atom is 0.159 e. The molecule has 1 heterocycles. The third-order valence-electron chi connectivity index (χ3n) is 5.97. The predicted molar refractivity (Wildman–Crippen MR) is 115 cm³/mol. The Balaban J connectivity index is 2.10. The maximum atomic E-state index is 12.0. The fraction of sp³-hybridized carbons (Fsp3) is 0.375. The van der Waals surface area contributed by atoms with Gasteiger partial charge in [0.1, 0.15) is 19.9 Å². The highest BCUT2D eigenvalue weighted by atomic mass is 28.3. The molecule has 1 aliphatic heterocycles. The van der Waals surface area contributed by atoms with Crippen LogP contribution in [-0.2, 0) is 9.53 Å². The smallest absolute Gasteiger partial charge is 0.159 e. The van der Waals surface area contributed by atoms with Crippen LogP contribution in [0.3, 0.4) is 0 Å². The van der Waals surface area contributed by atoms with E-state index in [-0.39, 0.29) is 16.9 Å². The zero-order valence-corrected chi connectivity index (χ0v) is 18.1. The standard InChI is InChI=1S/C24H30O2Si/c1-18(25)23-16-20(26-19(23)2)17-27(24(3,4)5,21-12-8-6-9-13-21)22-14-10-7-11-15-22/h6-15,20H,16-17H2,1-5H3. The summed E-state index contributed by atoms with van der Waals surface area (Å²) in [5, 5.41) is 2.97. The van der Waals surface area contributed by atoms with E-state index in [0.717, 1.165) is 23.8 Å². The van der Waals surface area contributed by atoms with Crippen LogP contribution in [0.25, 0.3) is 0 Å². The van der Waals surface area contributed by atoms with Gasteiger partial charge >= 0.3 is 0 Å². The van der Waals surface area contributed by atoms with Crippen LogP contribution in [0.4, 0.5) is 0 Å². The first kappa shape index (κ1) is 19.6. The molecule has 0 saturated heterocycles. The lowest BCUT2D eigenvalue weighted by atomic mass is 10.1. The van der Waals surface area contributed by atoms with E-state index in [0.29, 0.717) is 0 Å². The quantitative estimate of drug-likeness (QED) is 0.705. The van der Waals surface area contributed by atoms with Crippen LogP contribution < -0.4 is 10.4 Å². The zero-order chi connectivity index (χ0) is 19.7. The summed E-state index contributed by atoms with van der Waals surface area (Å²) >= 11 is 0. The van der Waals surface area contributed by atoms with Crippen molar-refractivity contribution in [2.24, 2.45) is 0 Å². The van der Waals surface area contributed by atoms with Crippen LogP contribution in [0, 0.1) is 0 Å². The molecule has 142 valence electrons. The zero-order valence-electron chi connectivity index (χ0n) is 17.1. The number of allylic oxidation sites excluding steroid dienone is 1. The van der Waals surface area contributed by atoms with Crippen molar-refractivity contribution in [3.8, 4) is 0 Å². The monoisotopic (exact) mass is 378 g/mol. The third-order valence-corrected chi connectivity index (χ3v) is 12.2. The van der Waals surface area contributed by atoms with Crippen LogP contribution in [0.2, 0.25) is 11.1 Å². The second kappa shape index (κ2) is 7.47. The number of benzene rings is 2. The number of ketones is 1. The van der Waals surface area contributed by atoms with Gasteiger partial charge < -0.3 is 4.74 Å². The van der Waals surface area contributed by atoms with E-state index < -0.39 is 8.07 Å². The fourth-order valence-electron chi connectivity index (χ4n) is 4.60. The highest BCUT2D eigenvalue weighted by Gasteiger charge is 2.50. The van der Waals surface area contributed by atoms with Crippen molar-refractivity contribution in [3.63, 3.8) is 0 Å². The van der Waals surface area contributed by atoms with Gasteiger partial charge in [-0.05, 0) is 24.9 Å². The van der Waals surface area contributed by atoms with Crippen molar-refractivity contribution >= 4 is 24.2 Å². The van der Waals surface area contributed by atoms with E-state index >= 15 is 0 Å². The Kier molecular flexibility index (Phi) is 5.43. The Bertz CT molecular complexity index is 792. The average Bonchev–Trinajstić information content (AvgIpc) is 3.00. The lowest BCUT2D eigenvalue weighted by molar-refractivity contribution is -0.113. The van der Waals surface area contributed by atoms with Gasteiger partial charge in [-0.25, -0.2) is 0 Å². The molecule has 0 spiro atoms. The summed E-state index contributed by atoms with van der Waals surface area (Å²) in [6, 6.07) is 22.9. The van der Waals surface area contributed by atoms with Crippen LogP contribution in [0.5, 0.6) is 0 Å². The molecular weight excluding hydrogens is 348 g/mol. The summed E-state index contributed by atoms with van der Waals surface area (Å²) in [5.74, 6) is 0.947. The molecule has 2 aromatic carbocycles. The molecular formula is C24H30O2Si. The maximum absolute atomic E-state index is 12.0. The van der Waals surface area contributed by atoms with E-state index in [1.54, 1.807) is 6.92 Å². The molecule has 27 heavy (non-hydrogen) atoms. The molecule has 1 aliphatic rings. The van der Waals surface area contributed by atoms with Crippen molar-refractivity contribution in [2.45, 2.75) is 58.2 Å². The molecule has 3 rings (SSSR count). The molecule has 2 aromatic rings. The number of hydrogen-bond acceptors (Lipinski definition) is 2. The Morgan fingerprint density at radius 2 is 1.48 bits per heavy atom. The lowest BCUT2D eigenvalue weighted by Gasteiger charge is -2.45. The van der Waals surface area contributed by atoms with Gasteiger partial charge in [-0.1, -0.05) is 91.8 Å². The summed E-state index contributed by atoms with van der Waals surface area (Å²) in [6.45, 7) is 10.7. The molecule has 0 amide bonds. The normalized spacial score (nSPS) is 17.7. The summed E-state index contributed by atoms with van der Waals surface area (Å²) in [4.78, 5) is 12.0. The fourth-order valence-corrected chi connectivity index (χ4v) is 10.2. The van der Waals surface area contributed by atoms with E-state index in [1.807, 2.05) is 6.92 Å². The van der Waals surface area contributed by atoms with Crippen LogP contribution in [0.1, 0.15) is 41.0 Å². The number of Topliss-reactive ketones (excluding diaryl/α,β-unsaturated/α-hetero) is 1. The van der Waals surface area contributed by atoms with Crippen molar-refractivity contribution in [3.05, 3.63) is 72.0 Å². The number of carbonyl (C=O) groups excluding carboxylic acids is 1. The minimum absolute atomic E-state index is 0.0650. The molecule has 2 nitrogen and oxygen atoms in total. The summed E-state index contributed by atoms with van der Waals surface area (Å²) in [6.07, 6.45) is 0.793. The molecule has 0 N–H and O–H groups in total. The molecule has 0 fully saturated rings. The molecule has 0 bridgehead atoms. The van der Waals surface area contributed by atoms with E-state index in [1.165, 1.54) is 10.4 Å². The first-order valence-electron chi connectivity index (χ1n) is 9.74. The topological polar surface area (TPSA) is 26.3 Å². The molecule has 0 aromatic heterocycles. The van der Waals surface area contributed by atoms with Crippen molar-refractivity contribution in [1.82, 2.24) is 0 Å². The molecule has 0 aliphatic carbocycles. The Hall–Kier alpha value is -2.13. The van der Waals surface area contributed by atoms with Gasteiger partial charge in [0.05, 0.1) is 0 Å². The largest absolute Gasteiger partial charge is 0.495 e. The van der Waals surface area contributed by atoms with Crippen LogP contribution in [0.15, 0.2) is 72.0 Å². The highest BCUT2D eigenvalue weighted by Crippen LogP contribution is 2.42. The molecule has 0 saturated carbocycles. The Morgan fingerprint density at radius 3 is 1.85 bits per heavy atom. The third kappa shape index (κ3) is 3.66. The molecule has 3 heteroatoms.